The number of hydrogen-bond donors (Lipinski definition) is 0. The van der Waals surface area contributed by atoms with Crippen LogP contribution in [0.2, 0.25) is 0 Å². The van der Waals surface area contributed by atoms with Gasteiger partial charge in [0, 0.05) is 71.8 Å². The second-order valence-corrected chi connectivity index (χ2v) is 12.1. The smallest absolute Gasteiger partial charge is 0.159 e. The maximum atomic E-state index is 4.63. The predicted octanol–water partition coefficient (Wildman–Crippen LogP) is 7.86. The Balaban J connectivity index is 1.34. The fraction of sp³-hybridized carbons (Fsp3) is 0.0244. The highest BCUT2D eigenvalue weighted by Crippen LogP contribution is 2.64. The van der Waals surface area contributed by atoms with Crippen molar-refractivity contribution in [3.63, 3.8) is 0 Å². The molecular weight excluding hydrogens is 605 g/mol. The van der Waals surface area contributed by atoms with Crippen molar-refractivity contribution in [2.45, 2.75) is 5.41 Å². The molecule has 0 N–H and O–H groups in total. The molecule has 8 nitrogen and oxygen atoms in total. The van der Waals surface area contributed by atoms with Crippen LogP contribution in [-0.4, -0.2) is 39.9 Å². The van der Waals surface area contributed by atoms with Crippen molar-refractivity contribution in [3.05, 3.63) is 169 Å². The van der Waals surface area contributed by atoms with Crippen LogP contribution >= 0.6 is 0 Å². The lowest BCUT2D eigenvalue weighted by atomic mass is 9.69. The van der Waals surface area contributed by atoms with Crippen molar-refractivity contribution in [2.24, 2.45) is 0 Å². The summed E-state index contributed by atoms with van der Waals surface area (Å²) in [5, 5.41) is 0. The first kappa shape index (κ1) is 27.3. The summed E-state index contributed by atoms with van der Waals surface area (Å²) >= 11 is 0. The van der Waals surface area contributed by atoms with Gasteiger partial charge in [-0.3, -0.25) is 0 Å². The van der Waals surface area contributed by atoms with E-state index in [2.05, 4.69) is 113 Å². The molecule has 2 aliphatic carbocycles. The third-order valence-electron chi connectivity index (χ3n) is 9.57. The molecule has 0 aliphatic heterocycles. The van der Waals surface area contributed by atoms with Crippen LogP contribution < -0.4 is 0 Å². The molecule has 0 atom stereocenters. The fourth-order valence-corrected chi connectivity index (χ4v) is 7.58. The zero-order valence-electron chi connectivity index (χ0n) is 25.9. The lowest BCUT2D eigenvalue weighted by molar-refractivity contribution is 0.794. The normalized spacial score (nSPS) is 13.1. The van der Waals surface area contributed by atoms with E-state index in [9.17, 15) is 0 Å². The second kappa shape index (κ2) is 10.6. The van der Waals surface area contributed by atoms with E-state index in [1.165, 1.54) is 0 Å². The van der Waals surface area contributed by atoms with Crippen LogP contribution in [0.1, 0.15) is 22.3 Å². The van der Waals surface area contributed by atoms with E-state index in [4.69, 9.17) is 0 Å². The van der Waals surface area contributed by atoms with E-state index in [-0.39, 0.29) is 0 Å². The largest absolute Gasteiger partial charge is 0.237 e. The van der Waals surface area contributed by atoms with E-state index in [0.717, 1.165) is 66.8 Å². The maximum Gasteiger partial charge on any atom is 0.159 e. The molecule has 228 valence electrons. The molecule has 0 radical (unpaired) electrons. The standard InChI is InChI=1S/C41H24N8/c1-13-42-37(43-14-1)25-5-9-29-30-10-6-26(38-44-15-2-16-45-38)22-34(30)41(33(29)21-25)35-23-27(39-46-17-3-18-47-39)7-11-31(35)32-12-8-28(24-36(32)41)40-48-19-4-20-49-40/h1-24H. The SMILES string of the molecule is c1cnc(-c2ccc3c(c2)C2(c4cc(-c5ncccn5)ccc4-3)c3cc(-c4ncccn4)ccc3-c3ccc(-c4ncccn4)cc32)nc1. The summed E-state index contributed by atoms with van der Waals surface area (Å²) in [4.78, 5) is 37.0. The van der Waals surface area contributed by atoms with Gasteiger partial charge in [-0.15, -0.1) is 0 Å². The van der Waals surface area contributed by atoms with E-state index >= 15 is 0 Å². The van der Waals surface area contributed by atoms with Crippen molar-refractivity contribution in [1.82, 2.24) is 39.9 Å². The van der Waals surface area contributed by atoms with Crippen LogP contribution in [0.3, 0.4) is 0 Å². The molecule has 0 amide bonds. The molecule has 8 heteroatoms. The first-order chi connectivity index (χ1) is 24.3. The minimum Gasteiger partial charge on any atom is -0.237 e. The summed E-state index contributed by atoms with van der Waals surface area (Å²) in [5.41, 5.74) is 12.2. The number of rotatable bonds is 4. The molecule has 4 heterocycles. The number of nitrogens with zero attached hydrogens (tertiary/aromatic N) is 8. The molecule has 1 spiro atoms. The van der Waals surface area contributed by atoms with Crippen molar-refractivity contribution in [3.8, 4) is 67.8 Å². The van der Waals surface area contributed by atoms with E-state index in [1.54, 1.807) is 49.6 Å². The van der Waals surface area contributed by atoms with Crippen LogP contribution in [0.4, 0.5) is 0 Å². The Bertz CT molecular complexity index is 2180. The van der Waals surface area contributed by atoms with Crippen LogP contribution in [0.25, 0.3) is 67.8 Å². The molecule has 8 aromatic rings. The fourth-order valence-electron chi connectivity index (χ4n) is 7.58. The van der Waals surface area contributed by atoms with E-state index in [0.29, 0.717) is 23.3 Å². The molecular formula is C41H24N8. The van der Waals surface area contributed by atoms with Crippen molar-refractivity contribution in [2.75, 3.05) is 0 Å². The Hall–Kier alpha value is -6.80. The van der Waals surface area contributed by atoms with Crippen molar-refractivity contribution < 1.29 is 0 Å². The van der Waals surface area contributed by atoms with Crippen LogP contribution in [-0.2, 0) is 5.41 Å². The number of hydrogen-bond acceptors (Lipinski definition) is 8. The number of fused-ring (bicyclic) bond motifs is 10. The van der Waals surface area contributed by atoms with Gasteiger partial charge in [0.2, 0.25) is 0 Å². The Morgan fingerprint density at radius 2 is 0.510 bits per heavy atom. The first-order valence-corrected chi connectivity index (χ1v) is 16.0. The molecule has 4 aromatic heterocycles. The molecule has 49 heavy (non-hydrogen) atoms. The topological polar surface area (TPSA) is 103 Å². The minimum atomic E-state index is -0.722. The summed E-state index contributed by atoms with van der Waals surface area (Å²) in [7, 11) is 0. The third-order valence-corrected chi connectivity index (χ3v) is 9.57. The van der Waals surface area contributed by atoms with Gasteiger partial charge in [-0.05, 0) is 93.0 Å². The monoisotopic (exact) mass is 628 g/mol. The van der Waals surface area contributed by atoms with Crippen LogP contribution in [0.15, 0.2) is 147 Å². The summed E-state index contributed by atoms with van der Waals surface area (Å²) in [5.74, 6) is 2.69. The van der Waals surface area contributed by atoms with Crippen LogP contribution in [0.5, 0.6) is 0 Å². The Morgan fingerprint density at radius 3 is 0.735 bits per heavy atom. The lowest BCUT2D eigenvalue weighted by Gasteiger charge is -2.31. The highest BCUT2D eigenvalue weighted by atomic mass is 14.9. The summed E-state index contributed by atoms with van der Waals surface area (Å²) in [6.07, 6.45) is 14.3. The molecule has 0 bridgehead atoms. The van der Waals surface area contributed by atoms with Gasteiger partial charge in [0.15, 0.2) is 23.3 Å². The summed E-state index contributed by atoms with van der Waals surface area (Å²) in [6.45, 7) is 0. The Morgan fingerprint density at radius 1 is 0.286 bits per heavy atom. The van der Waals surface area contributed by atoms with Gasteiger partial charge in [0.25, 0.3) is 0 Å². The zero-order chi connectivity index (χ0) is 32.4. The van der Waals surface area contributed by atoms with Gasteiger partial charge in [0.1, 0.15) is 0 Å². The highest BCUT2D eigenvalue weighted by Gasteiger charge is 2.52. The van der Waals surface area contributed by atoms with Gasteiger partial charge in [-0.2, -0.15) is 0 Å². The van der Waals surface area contributed by atoms with E-state index < -0.39 is 5.41 Å². The Labute approximate surface area is 281 Å². The van der Waals surface area contributed by atoms with E-state index in [1.807, 2.05) is 24.3 Å². The molecule has 2 aliphatic rings. The molecule has 0 unspecified atom stereocenters. The summed E-state index contributed by atoms with van der Waals surface area (Å²) < 4.78 is 0. The average Bonchev–Trinajstić information content (AvgIpc) is 3.65. The summed E-state index contributed by atoms with van der Waals surface area (Å²) in [6, 6.07) is 33.7. The Kier molecular flexibility index (Phi) is 5.92. The molecule has 4 aromatic carbocycles. The zero-order valence-corrected chi connectivity index (χ0v) is 25.9. The predicted molar refractivity (Wildman–Crippen MR) is 187 cm³/mol. The van der Waals surface area contributed by atoms with Gasteiger partial charge in [-0.1, -0.05) is 48.5 Å². The third kappa shape index (κ3) is 4.04. The van der Waals surface area contributed by atoms with Gasteiger partial charge in [-0.25, -0.2) is 39.9 Å². The van der Waals surface area contributed by atoms with Gasteiger partial charge in [0.05, 0.1) is 5.41 Å². The maximum absolute atomic E-state index is 4.63. The van der Waals surface area contributed by atoms with Crippen molar-refractivity contribution >= 4 is 0 Å². The first-order valence-electron chi connectivity index (χ1n) is 16.0. The average molecular weight is 629 g/mol. The highest BCUT2D eigenvalue weighted by molar-refractivity contribution is 5.97. The minimum absolute atomic E-state index is 0.672. The second-order valence-electron chi connectivity index (χ2n) is 12.1. The van der Waals surface area contributed by atoms with Crippen LogP contribution in [0, 0.1) is 0 Å². The van der Waals surface area contributed by atoms with Gasteiger partial charge < -0.3 is 0 Å². The van der Waals surface area contributed by atoms with Crippen molar-refractivity contribution in [1.29, 1.82) is 0 Å². The molecule has 0 saturated carbocycles. The number of benzene rings is 4. The quantitative estimate of drug-likeness (QED) is 0.194. The molecule has 0 saturated heterocycles. The lowest BCUT2D eigenvalue weighted by Crippen LogP contribution is -2.26. The van der Waals surface area contributed by atoms with Gasteiger partial charge >= 0.3 is 0 Å². The number of aromatic nitrogens is 8. The molecule has 10 rings (SSSR count). The molecule has 0 fully saturated rings.